The zero-order chi connectivity index (χ0) is 26.6. The van der Waals surface area contributed by atoms with E-state index in [0.29, 0.717) is 11.1 Å². The van der Waals surface area contributed by atoms with E-state index in [1.807, 2.05) is 0 Å². The van der Waals surface area contributed by atoms with Crippen LogP contribution in [0, 0.1) is 0 Å². The molecule has 1 aliphatic rings. The van der Waals surface area contributed by atoms with Gasteiger partial charge in [0.15, 0.2) is 12.6 Å². The Hall–Kier alpha value is -3.50. The van der Waals surface area contributed by atoms with E-state index in [1.54, 1.807) is 60.7 Å². The fraction of sp³-hybridized carbons (Fsp3) is 0.111. The number of halogens is 6. The minimum Gasteiger partial charge on any atom is -0.297 e. The van der Waals surface area contributed by atoms with Crippen LogP contribution in [0.15, 0.2) is 72.8 Å². The topological polar surface area (TPSA) is 34.1 Å². The van der Waals surface area contributed by atoms with Gasteiger partial charge in [-0.05, 0) is 23.3 Å². The molecule has 0 saturated carbocycles. The molecule has 1 aliphatic carbocycles. The van der Waals surface area contributed by atoms with Gasteiger partial charge in [-0.3, -0.25) is 9.59 Å². The number of hydrogen-bond acceptors (Lipinski definition) is 4. The van der Waals surface area contributed by atoms with Crippen LogP contribution in [-0.2, 0) is 0 Å². The fourth-order valence-corrected chi connectivity index (χ4v) is 6.27. The van der Waals surface area contributed by atoms with Crippen molar-refractivity contribution in [2.75, 3.05) is 0 Å². The lowest BCUT2D eigenvalue weighted by atomic mass is 9.94. The normalized spacial score (nSPS) is 17.7. The Morgan fingerprint density at radius 3 is 1.24 bits per heavy atom. The van der Waals surface area contributed by atoms with Crippen LogP contribution in [-0.4, -0.2) is 30.3 Å². The van der Waals surface area contributed by atoms with Crippen molar-refractivity contribution in [3.63, 3.8) is 0 Å². The SMILES string of the molecule is O=Cc1sc(-c2ccccc2)cc1C1=C(c2cc(-c3ccccc3)sc2C=O)C(F)(F)C(F)(F)C1(F)F. The van der Waals surface area contributed by atoms with Gasteiger partial charge < -0.3 is 0 Å². The van der Waals surface area contributed by atoms with Crippen LogP contribution in [0.25, 0.3) is 32.0 Å². The molecule has 0 fully saturated rings. The molecule has 2 aromatic heterocycles. The Balaban J connectivity index is 1.84. The van der Waals surface area contributed by atoms with Gasteiger partial charge in [0.05, 0.1) is 9.75 Å². The number of hydrogen-bond donors (Lipinski definition) is 0. The Labute approximate surface area is 214 Å². The number of allylic oxidation sites excluding steroid dienone is 2. The first-order chi connectivity index (χ1) is 17.5. The molecule has 0 atom stereocenters. The molecule has 0 bridgehead atoms. The molecule has 37 heavy (non-hydrogen) atoms. The molecule has 4 aromatic rings. The van der Waals surface area contributed by atoms with Crippen molar-refractivity contribution in [2.45, 2.75) is 17.8 Å². The lowest BCUT2D eigenvalue weighted by molar-refractivity contribution is -0.254. The predicted octanol–water partition coefficient (Wildman–Crippen LogP) is 8.60. The molecule has 0 aliphatic heterocycles. The summed E-state index contributed by atoms with van der Waals surface area (Å²) in [6, 6.07) is 18.4. The smallest absolute Gasteiger partial charge is 0.297 e. The van der Waals surface area contributed by atoms with Crippen molar-refractivity contribution < 1.29 is 35.9 Å². The second kappa shape index (κ2) is 8.81. The van der Waals surface area contributed by atoms with Crippen molar-refractivity contribution in [3.05, 3.63) is 93.7 Å². The maximum absolute atomic E-state index is 15.3. The number of rotatable bonds is 6. The van der Waals surface area contributed by atoms with Gasteiger partial charge in [0.25, 0.3) is 0 Å². The van der Waals surface area contributed by atoms with Gasteiger partial charge in [-0.15, -0.1) is 22.7 Å². The Kier molecular flexibility index (Phi) is 5.99. The zero-order valence-corrected chi connectivity index (χ0v) is 20.1. The molecular weight excluding hydrogens is 534 g/mol. The summed E-state index contributed by atoms with van der Waals surface area (Å²) in [5.74, 6) is -16.5. The molecule has 0 amide bonds. The average molecular weight is 549 g/mol. The second-order valence-corrected chi connectivity index (χ2v) is 10.4. The molecule has 5 rings (SSSR count). The van der Waals surface area contributed by atoms with Crippen LogP contribution < -0.4 is 0 Å². The monoisotopic (exact) mass is 548 g/mol. The molecule has 10 heteroatoms. The molecule has 2 aromatic carbocycles. The molecular formula is C27H14F6O2S2. The fourth-order valence-electron chi connectivity index (χ4n) is 4.30. The van der Waals surface area contributed by atoms with Crippen molar-refractivity contribution >= 4 is 46.4 Å². The number of alkyl halides is 6. The molecule has 2 nitrogen and oxygen atoms in total. The molecule has 0 spiro atoms. The van der Waals surface area contributed by atoms with E-state index in [4.69, 9.17) is 0 Å². The van der Waals surface area contributed by atoms with Crippen LogP contribution in [0.2, 0.25) is 0 Å². The summed E-state index contributed by atoms with van der Waals surface area (Å²) < 4.78 is 90.8. The zero-order valence-electron chi connectivity index (χ0n) is 18.5. The van der Waals surface area contributed by atoms with Crippen molar-refractivity contribution in [1.29, 1.82) is 0 Å². The van der Waals surface area contributed by atoms with E-state index in [2.05, 4.69) is 0 Å². The maximum Gasteiger partial charge on any atom is 0.380 e. The lowest BCUT2D eigenvalue weighted by Gasteiger charge is -2.25. The highest BCUT2D eigenvalue weighted by atomic mass is 32.1. The first kappa shape index (κ1) is 25.2. The van der Waals surface area contributed by atoms with Gasteiger partial charge >= 0.3 is 17.8 Å². The highest BCUT2D eigenvalue weighted by molar-refractivity contribution is 7.17. The molecule has 188 valence electrons. The summed E-state index contributed by atoms with van der Waals surface area (Å²) in [7, 11) is 0. The number of benzene rings is 2. The van der Waals surface area contributed by atoms with Gasteiger partial charge in [0, 0.05) is 32.0 Å². The Morgan fingerprint density at radius 2 is 0.919 bits per heavy atom. The maximum atomic E-state index is 15.3. The van der Waals surface area contributed by atoms with Crippen LogP contribution in [0.4, 0.5) is 26.3 Å². The van der Waals surface area contributed by atoms with E-state index < -0.39 is 49.8 Å². The summed E-state index contributed by atoms with van der Waals surface area (Å²) >= 11 is 1.43. The first-order valence-electron chi connectivity index (χ1n) is 10.7. The van der Waals surface area contributed by atoms with Crippen LogP contribution in [0.1, 0.15) is 30.5 Å². The van der Waals surface area contributed by atoms with E-state index in [-0.39, 0.29) is 22.3 Å². The highest BCUT2D eigenvalue weighted by Gasteiger charge is 2.80. The summed E-state index contributed by atoms with van der Waals surface area (Å²) in [5, 5.41) is 0. The third kappa shape index (κ3) is 3.69. The van der Waals surface area contributed by atoms with E-state index in [1.165, 1.54) is 0 Å². The molecule has 0 N–H and O–H groups in total. The van der Waals surface area contributed by atoms with Crippen LogP contribution in [0.3, 0.4) is 0 Å². The standard InChI is InChI=1S/C27H14F6O2S2/c28-25(29)23(17-11-19(36-21(17)13-34)15-7-3-1-4-8-15)24(26(30,31)27(25,32)33)18-12-20(37-22(18)14-35)16-9-5-2-6-10-16/h1-14H. The van der Waals surface area contributed by atoms with Gasteiger partial charge in [-0.25, -0.2) is 0 Å². The first-order valence-corrected chi connectivity index (χ1v) is 12.4. The van der Waals surface area contributed by atoms with E-state index in [0.717, 1.165) is 34.8 Å². The minimum absolute atomic E-state index is 0.172. The second-order valence-electron chi connectivity index (χ2n) is 8.22. The van der Waals surface area contributed by atoms with E-state index in [9.17, 15) is 18.4 Å². The Bertz CT molecular complexity index is 1420. The number of thiophene rings is 2. The Morgan fingerprint density at radius 1 is 0.568 bits per heavy atom. The average Bonchev–Trinajstić information content (AvgIpc) is 3.54. The summed E-state index contributed by atoms with van der Waals surface area (Å²) in [6.45, 7) is 0. The molecule has 2 heterocycles. The van der Waals surface area contributed by atoms with Gasteiger partial charge in [0.2, 0.25) is 0 Å². The number of aldehydes is 2. The molecule has 0 saturated heterocycles. The summed E-state index contributed by atoms with van der Waals surface area (Å²) in [5.41, 5.74) is -3.80. The third-order valence-electron chi connectivity index (χ3n) is 6.06. The third-order valence-corrected chi connectivity index (χ3v) is 8.28. The van der Waals surface area contributed by atoms with Gasteiger partial charge in [-0.2, -0.15) is 26.3 Å². The van der Waals surface area contributed by atoms with Gasteiger partial charge in [-0.1, -0.05) is 60.7 Å². The highest BCUT2D eigenvalue weighted by Crippen LogP contribution is 2.66. The summed E-state index contributed by atoms with van der Waals surface area (Å²) in [4.78, 5) is 23.3. The molecule has 0 radical (unpaired) electrons. The molecule has 0 unspecified atom stereocenters. The largest absolute Gasteiger partial charge is 0.380 e. The van der Waals surface area contributed by atoms with Crippen LogP contribution >= 0.6 is 22.7 Å². The minimum atomic E-state index is -5.81. The number of carbonyl (C=O) groups excluding carboxylic acids is 2. The van der Waals surface area contributed by atoms with Crippen molar-refractivity contribution in [3.8, 4) is 20.9 Å². The number of carbonyl (C=O) groups is 2. The summed E-state index contributed by atoms with van der Waals surface area (Å²) in [6.07, 6.45) is 0.344. The predicted molar refractivity (Wildman–Crippen MR) is 132 cm³/mol. The van der Waals surface area contributed by atoms with E-state index >= 15 is 17.6 Å². The van der Waals surface area contributed by atoms with Crippen molar-refractivity contribution in [2.24, 2.45) is 0 Å². The quantitative estimate of drug-likeness (QED) is 0.179. The van der Waals surface area contributed by atoms with Gasteiger partial charge in [0.1, 0.15) is 0 Å². The van der Waals surface area contributed by atoms with Crippen molar-refractivity contribution in [1.82, 2.24) is 0 Å². The lowest BCUT2D eigenvalue weighted by Crippen LogP contribution is -2.48. The van der Waals surface area contributed by atoms with Crippen LogP contribution in [0.5, 0.6) is 0 Å².